The van der Waals surface area contributed by atoms with Crippen molar-refractivity contribution in [1.29, 1.82) is 0 Å². The van der Waals surface area contributed by atoms with Crippen LogP contribution in [0.1, 0.15) is 13.3 Å². The lowest BCUT2D eigenvalue weighted by molar-refractivity contribution is -0.136. The van der Waals surface area contributed by atoms with E-state index in [1.165, 1.54) is 0 Å². The first-order valence-electron chi connectivity index (χ1n) is 5.16. The van der Waals surface area contributed by atoms with E-state index in [4.69, 9.17) is 5.11 Å². The lowest BCUT2D eigenvalue weighted by Crippen LogP contribution is -2.50. The van der Waals surface area contributed by atoms with Crippen molar-refractivity contribution in [3.63, 3.8) is 0 Å². The predicted octanol–water partition coefficient (Wildman–Crippen LogP) is -1.65. The molecule has 0 aromatic carbocycles. The molecule has 1 aliphatic rings. The maximum absolute atomic E-state index is 11.4. The lowest BCUT2D eigenvalue weighted by atomic mass is 10.0. The van der Waals surface area contributed by atoms with Gasteiger partial charge in [-0.05, 0) is 13.3 Å². The molecule has 0 radical (unpaired) electrons. The van der Waals surface area contributed by atoms with E-state index in [-0.39, 0.29) is 24.6 Å². The van der Waals surface area contributed by atoms with E-state index in [0.717, 1.165) is 0 Å². The minimum Gasteiger partial charge on any atom is -0.480 e. The summed E-state index contributed by atoms with van der Waals surface area (Å²) in [4.78, 5) is 21.6. The fourth-order valence-electron chi connectivity index (χ4n) is 1.77. The van der Waals surface area contributed by atoms with Crippen molar-refractivity contribution in [3.8, 4) is 0 Å². The molecule has 1 saturated heterocycles. The molecule has 0 saturated carbocycles. The Morgan fingerprint density at radius 2 is 2.00 bits per heavy atom. The van der Waals surface area contributed by atoms with Gasteiger partial charge in [0.25, 0.3) is 0 Å². The normalized spacial score (nSPS) is 26.6. The quantitative estimate of drug-likeness (QED) is 0.548. The van der Waals surface area contributed by atoms with Gasteiger partial charge in [-0.3, -0.25) is 14.9 Å². The van der Waals surface area contributed by atoms with Crippen molar-refractivity contribution in [2.45, 2.75) is 18.9 Å². The van der Waals surface area contributed by atoms with E-state index in [0.29, 0.717) is 6.42 Å². The van der Waals surface area contributed by atoms with Crippen LogP contribution in [0, 0.1) is 0 Å². The van der Waals surface area contributed by atoms with Crippen LogP contribution in [0.25, 0.3) is 0 Å². The number of amides is 1. The number of carboxylic acids is 1. The van der Waals surface area contributed by atoms with Crippen molar-refractivity contribution in [3.05, 3.63) is 0 Å². The fraction of sp³-hybridized carbons (Fsp3) is 0.778. The van der Waals surface area contributed by atoms with Crippen LogP contribution in [0.2, 0.25) is 0 Å². The van der Waals surface area contributed by atoms with Gasteiger partial charge in [0.1, 0.15) is 0 Å². The first-order chi connectivity index (χ1) is 7.72. The molecule has 8 heteroatoms. The highest BCUT2D eigenvalue weighted by atomic mass is 32.2. The molecule has 0 aromatic heterocycles. The highest BCUT2D eigenvalue weighted by Crippen LogP contribution is 2.22. The highest BCUT2D eigenvalue weighted by molar-refractivity contribution is 7.91. The van der Waals surface area contributed by atoms with Crippen LogP contribution in [0.15, 0.2) is 0 Å². The molecule has 7 nitrogen and oxygen atoms in total. The smallest absolute Gasteiger partial charge is 0.317 e. The van der Waals surface area contributed by atoms with E-state index in [2.05, 4.69) is 10.6 Å². The minimum atomic E-state index is -3.06. The standard InChI is InChI=1S/C9H16N2O5S/c1-9(2-3-17(15,16)6-9)11-7(12)4-10-5-8(13)14/h10H,2-6H2,1H3,(H,11,12)(H,13,14). The first-order valence-corrected chi connectivity index (χ1v) is 6.99. The Hall–Kier alpha value is -1.15. The van der Waals surface area contributed by atoms with Crippen molar-refractivity contribution in [2.24, 2.45) is 0 Å². The molecule has 1 unspecified atom stereocenters. The Labute approximate surface area is 99.5 Å². The first kappa shape index (κ1) is 13.9. The van der Waals surface area contributed by atoms with Crippen LogP contribution >= 0.6 is 0 Å². The average molecular weight is 264 g/mol. The number of carbonyl (C=O) groups is 2. The van der Waals surface area contributed by atoms with Gasteiger partial charge >= 0.3 is 5.97 Å². The summed E-state index contributed by atoms with van der Waals surface area (Å²) < 4.78 is 22.6. The van der Waals surface area contributed by atoms with E-state index in [1.807, 2.05) is 0 Å². The second kappa shape index (κ2) is 5.01. The summed E-state index contributed by atoms with van der Waals surface area (Å²) in [6.07, 6.45) is 0.389. The molecular formula is C9H16N2O5S. The summed E-state index contributed by atoms with van der Waals surface area (Å²) in [7, 11) is -3.06. The Balaban J connectivity index is 2.39. The third kappa shape index (κ3) is 4.70. The highest BCUT2D eigenvalue weighted by Gasteiger charge is 2.39. The largest absolute Gasteiger partial charge is 0.480 e. The SMILES string of the molecule is CC1(NC(=O)CNCC(=O)O)CCS(=O)(=O)C1. The number of carbonyl (C=O) groups excluding carboxylic acids is 1. The second-order valence-electron chi connectivity index (χ2n) is 4.45. The van der Waals surface area contributed by atoms with Crippen molar-refractivity contribution >= 4 is 21.7 Å². The zero-order chi connectivity index (χ0) is 13.1. The van der Waals surface area contributed by atoms with Gasteiger partial charge in [0, 0.05) is 0 Å². The Morgan fingerprint density at radius 1 is 1.35 bits per heavy atom. The van der Waals surface area contributed by atoms with Gasteiger partial charge in [0.2, 0.25) is 5.91 Å². The van der Waals surface area contributed by atoms with Gasteiger partial charge in [-0.15, -0.1) is 0 Å². The van der Waals surface area contributed by atoms with Crippen molar-refractivity contribution < 1.29 is 23.1 Å². The van der Waals surface area contributed by atoms with Crippen LogP contribution in [0.4, 0.5) is 0 Å². The number of sulfone groups is 1. The number of rotatable bonds is 5. The van der Waals surface area contributed by atoms with Gasteiger partial charge in [0.15, 0.2) is 9.84 Å². The molecule has 0 spiro atoms. The maximum atomic E-state index is 11.4. The number of aliphatic carboxylic acids is 1. The van der Waals surface area contributed by atoms with Gasteiger partial charge in [-0.1, -0.05) is 0 Å². The van der Waals surface area contributed by atoms with Gasteiger partial charge in [-0.25, -0.2) is 8.42 Å². The average Bonchev–Trinajstić information content (AvgIpc) is 2.39. The summed E-state index contributed by atoms with van der Waals surface area (Å²) in [5, 5.41) is 13.4. The maximum Gasteiger partial charge on any atom is 0.317 e. The fourth-order valence-corrected chi connectivity index (χ4v) is 3.87. The molecule has 1 aliphatic heterocycles. The second-order valence-corrected chi connectivity index (χ2v) is 6.63. The molecule has 17 heavy (non-hydrogen) atoms. The van der Waals surface area contributed by atoms with Crippen molar-refractivity contribution in [1.82, 2.24) is 10.6 Å². The number of hydrogen-bond donors (Lipinski definition) is 3. The molecule has 0 aromatic rings. The van der Waals surface area contributed by atoms with Crippen molar-refractivity contribution in [2.75, 3.05) is 24.6 Å². The summed E-state index contributed by atoms with van der Waals surface area (Å²) >= 11 is 0. The molecule has 1 rings (SSSR count). The zero-order valence-corrected chi connectivity index (χ0v) is 10.3. The monoisotopic (exact) mass is 264 g/mol. The molecule has 1 heterocycles. The molecule has 98 valence electrons. The summed E-state index contributed by atoms with van der Waals surface area (Å²) in [5.41, 5.74) is -0.735. The van der Waals surface area contributed by atoms with Crippen LogP contribution in [0.5, 0.6) is 0 Å². The van der Waals surface area contributed by atoms with E-state index >= 15 is 0 Å². The molecule has 0 aliphatic carbocycles. The van der Waals surface area contributed by atoms with E-state index in [1.54, 1.807) is 6.92 Å². The Kier molecular flexibility index (Phi) is 4.10. The summed E-state index contributed by atoms with van der Waals surface area (Å²) in [6, 6.07) is 0. The van der Waals surface area contributed by atoms with Gasteiger partial charge in [-0.2, -0.15) is 0 Å². The van der Waals surface area contributed by atoms with Crippen LogP contribution in [-0.2, 0) is 19.4 Å². The van der Waals surface area contributed by atoms with Gasteiger partial charge in [0.05, 0.1) is 30.1 Å². The third-order valence-corrected chi connectivity index (χ3v) is 4.41. The predicted molar refractivity (Wildman–Crippen MR) is 60.3 cm³/mol. The van der Waals surface area contributed by atoms with E-state index in [9.17, 15) is 18.0 Å². The number of hydrogen-bond acceptors (Lipinski definition) is 5. The number of nitrogens with one attached hydrogen (secondary N) is 2. The molecule has 3 N–H and O–H groups in total. The molecule has 1 atom stereocenters. The van der Waals surface area contributed by atoms with Crippen LogP contribution in [0.3, 0.4) is 0 Å². The third-order valence-electron chi connectivity index (χ3n) is 2.51. The summed E-state index contributed by atoms with van der Waals surface area (Å²) in [5.74, 6) is -1.44. The molecular weight excluding hydrogens is 248 g/mol. The molecule has 1 amide bonds. The minimum absolute atomic E-state index is 0.0648. The van der Waals surface area contributed by atoms with E-state index < -0.39 is 27.3 Å². The molecule has 1 fully saturated rings. The number of carboxylic acid groups (broad SMARTS) is 1. The Bertz CT molecular complexity index is 419. The van der Waals surface area contributed by atoms with Crippen LogP contribution in [-0.4, -0.2) is 55.5 Å². The van der Waals surface area contributed by atoms with Gasteiger partial charge < -0.3 is 10.4 Å². The van der Waals surface area contributed by atoms with Crippen LogP contribution < -0.4 is 10.6 Å². The Morgan fingerprint density at radius 3 is 2.47 bits per heavy atom. The summed E-state index contributed by atoms with van der Waals surface area (Å²) in [6.45, 7) is 1.23. The lowest BCUT2D eigenvalue weighted by Gasteiger charge is -2.23. The molecule has 0 bridgehead atoms. The zero-order valence-electron chi connectivity index (χ0n) is 9.52. The topological polar surface area (TPSA) is 113 Å².